The molecule has 0 spiro atoms. The van der Waals surface area contributed by atoms with E-state index in [1.807, 2.05) is 6.07 Å². The first-order valence-corrected chi connectivity index (χ1v) is 8.07. The van der Waals surface area contributed by atoms with Gasteiger partial charge in [-0.2, -0.15) is 0 Å². The van der Waals surface area contributed by atoms with E-state index in [9.17, 15) is 9.59 Å². The number of likely N-dealkylation sites (tertiary alicyclic amines) is 1. The summed E-state index contributed by atoms with van der Waals surface area (Å²) in [6.45, 7) is 2.55. The summed E-state index contributed by atoms with van der Waals surface area (Å²) in [7, 11) is 0. The van der Waals surface area contributed by atoms with E-state index in [0.29, 0.717) is 36.0 Å². The topological polar surface area (TPSA) is 88.6 Å². The number of carbonyl (C=O) groups is 2. The van der Waals surface area contributed by atoms with E-state index in [1.54, 1.807) is 42.4 Å². The normalized spacial score (nSPS) is 17.4. The van der Waals surface area contributed by atoms with Crippen LogP contribution in [0.1, 0.15) is 18.1 Å². The number of nitrogens with zero attached hydrogens (tertiary/aromatic N) is 2. The Morgan fingerprint density at radius 3 is 3.08 bits per heavy atom. The smallest absolute Gasteiger partial charge is 0.229 e. The minimum Gasteiger partial charge on any atom is -0.467 e. The zero-order chi connectivity index (χ0) is 17.4. The lowest BCUT2D eigenvalue weighted by Gasteiger charge is -2.15. The second-order valence-electron chi connectivity index (χ2n) is 6.16. The number of amides is 2. The van der Waals surface area contributed by atoms with Crippen molar-refractivity contribution < 1.29 is 18.4 Å². The zero-order valence-corrected chi connectivity index (χ0v) is 13.7. The van der Waals surface area contributed by atoms with Crippen molar-refractivity contribution >= 4 is 28.6 Å². The summed E-state index contributed by atoms with van der Waals surface area (Å²) in [5, 5.41) is 2.86. The van der Waals surface area contributed by atoms with Gasteiger partial charge in [0, 0.05) is 31.6 Å². The third kappa shape index (κ3) is 3.13. The Morgan fingerprint density at radius 2 is 2.28 bits per heavy atom. The quantitative estimate of drug-likeness (QED) is 0.789. The van der Waals surface area contributed by atoms with Gasteiger partial charge in [-0.15, -0.1) is 0 Å². The third-order valence-electron chi connectivity index (χ3n) is 4.27. The Kier molecular flexibility index (Phi) is 3.76. The lowest BCUT2D eigenvalue weighted by molar-refractivity contribution is -0.128. The molecule has 3 heterocycles. The number of oxazole rings is 1. The average Bonchev–Trinajstić information content (AvgIpc) is 3.28. The van der Waals surface area contributed by atoms with Gasteiger partial charge in [-0.1, -0.05) is 0 Å². The van der Waals surface area contributed by atoms with Crippen LogP contribution in [0, 0.1) is 12.8 Å². The number of rotatable bonds is 4. The highest BCUT2D eigenvalue weighted by Gasteiger charge is 2.34. The fraction of sp³-hybridized carbons (Fsp3) is 0.278. The number of anilines is 1. The lowest BCUT2D eigenvalue weighted by atomic mass is 10.1. The number of benzene rings is 1. The first-order valence-electron chi connectivity index (χ1n) is 8.07. The van der Waals surface area contributed by atoms with Crippen molar-refractivity contribution in [2.75, 3.05) is 11.9 Å². The molecule has 0 unspecified atom stereocenters. The molecule has 7 heteroatoms. The van der Waals surface area contributed by atoms with Gasteiger partial charge >= 0.3 is 0 Å². The molecular weight excluding hydrogens is 322 g/mol. The standard InChI is InChI=1S/C18H17N3O4/c1-11-19-15-5-4-13(8-16(15)25-11)20-18(23)12-7-17(22)21(9-12)10-14-3-2-6-24-14/h2-6,8,12H,7,9-10H2,1H3,(H,20,23)/t12-/m0/s1. The van der Waals surface area contributed by atoms with Gasteiger partial charge in [0.2, 0.25) is 11.8 Å². The summed E-state index contributed by atoms with van der Waals surface area (Å²) < 4.78 is 10.7. The van der Waals surface area contributed by atoms with Crippen LogP contribution in [-0.4, -0.2) is 28.2 Å². The summed E-state index contributed by atoms with van der Waals surface area (Å²) in [5.74, 6) is 0.687. The minimum absolute atomic E-state index is 0.0436. The highest BCUT2D eigenvalue weighted by Crippen LogP contribution is 2.24. The van der Waals surface area contributed by atoms with E-state index in [4.69, 9.17) is 8.83 Å². The van der Waals surface area contributed by atoms with Crippen molar-refractivity contribution in [3.05, 3.63) is 48.2 Å². The number of hydrogen-bond donors (Lipinski definition) is 1. The van der Waals surface area contributed by atoms with E-state index in [0.717, 1.165) is 5.52 Å². The van der Waals surface area contributed by atoms with E-state index in [1.165, 1.54) is 0 Å². The summed E-state index contributed by atoms with van der Waals surface area (Å²) in [5.41, 5.74) is 2.00. The Bertz CT molecular complexity index is 929. The van der Waals surface area contributed by atoms with Crippen LogP contribution >= 0.6 is 0 Å². The Labute approximate surface area is 143 Å². The molecule has 0 aliphatic carbocycles. The van der Waals surface area contributed by atoms with Crippen molar-refractivity contribution in [3.8, 4) is 0 Å². The van der Waals surface area contributed by atoms with Crippen LogP contribution in [-0.2, 0) is 16.1 Å². The lowest BCUT2D eigenvalue weighted by Crippen LogP contribution is -2.27. The van der Waals surface area contributed by atoms with Crippen LogP contribution in [0.15, 0.2) is 45.4 Å². The monoisotopic (exact) mass is 339 g/mol. The first kappa shape index (κ1) is 15.4. The van der Waals surface area contributed by atoms with Gasteiger partial charge in [0.05, 0.1) is 18.7 Å². The molecule has 1 aromatic carbocycles. The summed E-state index contributed by atoms with van der Waals surface area (Å²) in [6, 6.07) is 8.91. The molecule has 3 aromatic rings. The van der Waals surface area contributed by atoms with E-state index in [2.05, 4.69) is 10.3 Å². The number of hydrogen-bond acceptors (Lipinski definition) is 5. The van der Waals surface area contributed by atoms with Crippen molar-refractivity contribution in [3.63, 3.8) is 0 Å². The van der Waals surface area contributed by atoms with E-state index in [-0.39, 0.29) is 24.2 Å². The molecule has 2 amide bonds. The van der Waals surface area contributed by atoms with Gasteiger partial charge in [0.1, 0.15) is 11.3 Å². The maximum atomic E-state index is 12.5. The molecular formula is C18H17N3O4. The van der Waals surface area contributed by atoms with Crippen molar-refractivity contribution in [1.82, 2.24) is 9.88 Å². The number of furan rings is 1. The van der Waals surface area contributed by atoms with Crippen LogP contribution in [0.4, 0.5) is 5.69 Å². The SMILES string of the molecule is Cc1nc2ccc(NC(=O)[C@H]3CC(=O)N(Cc4ccco4)C3)cc2o1. The van der Waals surface area contributed by atoms with Crippen molar-refractivity contribution in [2.24, 2.45) is 5.92 Å². The number of fused-ring (bicyclic) bond motifs is 1. The molecule has 0 bridgehead atoms. The predicted octanol–water partition coefficient (Wildman–Crippen LogP) is 2.72. The molecule has 0 saturated carbocycles. The zero-order valence-electron chi connectivity index (χ0n) is 13.7. The molecule has 1 saturated heterocycles. The molecule has 4 rings (SSSR count). The summed E-state index contributed by atoms with van der Waals surface area (Å²) in [6.07, 6.45) is 1.78. The second kappa shape index (κ2) is 6.08. The van der Waals surface area contributed by atoms with Gasteiger partial charge in [0.15, 0.2) is 11.5 Å². The molecule has 25 heavy (non-hydrogen) atoms. The molecule has 7 nitrogen and oxygen atoms in total. The fourth-order valence-electron chi connectivity index (χ4n) is 3.05. The third-order valence-corrected chi connectivity index (χ3v) is 4.27. The van der Waals surface area contributed by atoms with Crippen molar-refractivity contribution in [2.45, 2.75) is 19.9 Å². The van der Waals surface area contributed by atoms with Gasteiger partial charge in [-0.05, 0) is 24.3 Å². The first-order chi connectivity index (χ1) is 12.1. The molecule has 128 valence electrons. The van der Waals surface area contributed by atoms with Crippen LogP contribution in [0.3, 0.4) is 0 Å². The maximum Gasteiger partial charge on any atom is 0.229 e. The number of aryl methyl sites for hydroxylation is 1. The summed E-state index contributed by atoms with van der Waals surface area (Å²) in [4.78, 5) is 30.5. The molecule has 1 atom stereocenters. The molecule has 2 aromatic heterocycles. The highest BCUT2D eigenvalue weighted by molar-refractivity contribution is 5.98. The van der Waals surface area contributed by atoms with Crippen LogP contribution in [0.25, 0.3) is 11.1 Å². The Balaban J connectivity index is 1.42. The number of nitrogens with one attached hydrogen (secondary N) is 1. The molecule has 1 aliphatic rings. The van der Waals surface area contributed by atoms with E-state index < -0.39 is 0 Å². The largest absolute Gasteiger partial charge is 0.467 e. The Hall–Kier alpha value is -3.09. The van der Waals surface area contributed by atoms with Crippen LogP contribution < -0.4 is 5.32 Å². The predicted molar refractivity (Wildman–Crippen MR) is 89.6 cm³/mol. The Morgan fingerprint density at radius 1 is 1.40 bits per heavy atom. The molecule has 1 N–H and O–H groups in total. The van der Waals surface area contributed by atoms with Gasteiger partial charge < -0.3 is 19.1 Å². The van der Waals surface area contributed by atoms with Crippen molar-refractivity contribution in [1.29, 1.82) is 0 Å². The maximum absolute atomic E-state index is 12.5. The van der Waals surface area contributed by atoms with Crippen LogP contribution in [0.2, 0.25) is 0 Å². The average molecular weight is 339 g/mol. The highest BCUT2D eigenvalue weighted by atomic mass is 16.3. The van der Waals surface area contributed by atoms with E-state index >= 15 is 0 Å². The molecule has 1 aliphatic heterocycles. The van der Waals surface area contributed by atoms with Gasteiger partial charge in [0.25, 0.3) is 0 Å². The number of aromatic nitrogens is 1. The molecule has 0 radical (unpaired) electrons. The summed E-state index contributed by atoms with van der Waals surface area (Å²) >= 11 is 0. The minimum atomic E-state index is -0.380. The fourth-order valence-corrected chi connectivity index (χ4v) is 3.05. The second-order valence-corrected chi connectivity index (χ2v) is 6.16. The molecule has 1 fully saturated rings. The van der Waals surface area contributed by atoms with Gasteiger partial charge in [-0.3, -0.25) is 9.59 Å². The number of carbonyl (C=O) groups excluding carboxylic acids is 2. The van der Waals surface area contributed by atoms with Gasteiger partial charge in [-0.25, -0.2) is 4.98 Å². The van der Waals surface area contributed by atoms with Crippen LogP contribution in [0.5, 0.6) is 0 Å².